The Morgan fingerprint density at radius 3 is 2.36 bits per heavy atom. The van der Waals surface area contributed by atoms with E-state index >= 15 is 0 Å². The molecular formula is C28H33N3O5. The molecule has 0 aromatic heterocycles. The summed E-state index contributed by atoms with van der Waals surface area (Å²) in [5, 5.41) is 23.8. The van der Waals surface area contributed by atoms with Crippen molar-refractivity contribution in [2.75, 3.05) is 23.4 Å². The molecule has 5 N–H and O–H groups in total. The molecule has 3 aromatic rings. The molecule has 0 spiro atoms. The van der Waals surface area contributed by atoms with Crippen molar-refractivity contribution in [1.82, 2.24) is 0 Å². The highest BCUT2D eigenvalue weighted by Crippen LogP contribution is 2.27. The zero-order chi connectivity index (χ0) is 25.9. The molecule has 0 saturated heterocycles. The Bertz CT molecular complexity index is 1170. The Kier molecular flexibility index (Phi) is 9.97. The molecule has 0 aliphatic heterocycles. The van der Waals surface area contributed by atoms with Crippen LogP contribution in [-0.2, 0) is 20.8 Å². The van der Waals surface area contributed by atoms with Gasteiger partial charge in [-0.1, -0.05) is 61.4 Å². The largest absolute Gasteiger partial charge is 0.395 e. The van der Waals surface area contributed by atoms with Gasteiger partial charge in [0, 0.05) is 24.0 Å². The number of carbonyl (C=O) groups is 3. The third kappa shape index (κ3) is 7.63. The lowest BCUT2D eigenvalue weighted by atomic mass is 10.1. The van der Waals surface area contributed by atoms with Crippen molar-refractivity contribution in [2.45, 2.75) is 44.6 Å². The van der Waals surface area contributed by atoms with Gasteiger partial charge < -0.3 is 26.2 Å². The van der Waals surface area contributed by atoms with E-state index in [4.69, 9.17) is 5.73 Å². The van der Waals surface area contributed by atoms with Crippen LogP contribution in [0.15, 0.2) is 66.7 Å². The van der Waals surface area contributed by atoms with Crippen LogP contribution in [0.3, 0.4) is 0 Å². The molecular weight excluding hydrogens is 458 g/mol. The van der Waals surface area contributed by atoms with E-state index in [2.05, 4.69) is 5.32 Å². The van der Waals surface area contributed by atoms with Crippen molar-refractivity contribution < 1.29 is 24.6 Å². The Hall–Kier alpha value is -3.75. The van der Waals surface area contributed by atoms with Crippen LogP contribution < -0.4 is 16.0 Å². The fourth-order valence-electron chi connectivity index (χ4n) is 4.06. The van der Waals surface area contributed by atoms with Crippen molar-refractivity contribution >= 4 is 39.9 Å². The van der Waals surface area contributed by atoms with E-state index < -0.39 is 12.0 Å². The Labute approximate surface area is 210 Å². The first-order chi connectivity index (χ1) is 17.4. The second-order valence-electron chi connectivity index (χ2n) is 8.71. The van der Waals surface area contributed by atoms with Crippen LogP contribution in [0.25, 0.3) is 10.8 Å². The molecule has 0 bridgehead atoms. The number of rotatable bonds is 13. The second-order valence-corrected chi connectivity index (χ2v) is 8.71. The smallest absolute Gasteiger partial charge is 0.246 e. The minimum absolute atomic E-state index is 0.126. The lowest BCUT2D eigenvalue weighted by Gasteiger charge is -2.24. The van der Waals surface area contributed by atoms with Crippen molar-refractivity contribution in [2.24, 2.45) is 5.73 Å². The zero-order valence-electron chi connectivity index (χ0n) is 20.2. The summed E-state index contributed by atoms with van der Waals surface area (Å²) in [6, 6.07) is 20.7. The first kappa shape index (κ1) is 26.8. The number of aliphatic hydroxyl groups is 2. The molecule has 1 atom stereocenters. The van der Waals surface area contributed by atoms with Gasteiger partial charge in [0.1, 0.15) is 6.10 Å². The number of aliphatic hydroxyl groups excluding tert-OH is 2. The molecule has 0 aliphatic rings. The molecule has 3 rings (SSSR count). The monoisotopic (exact) mass is 491 g/mol. The van der Waals surface area contributed by atoms with Crippen LogP contribution in [-0.4, -0.2) is 47.2 Å². The van der Waals surface area contributed by atoms with Crippen LogP contribution in [0.1, 0.15) is 37.7 Å². The number of benzene rings is 3. The molecule has 8 heteroatoms. The predicted molar refractivity (Wildman–Crippen MR) is 140 cm³/mol. The molecule has 0 fully saturated rings. The molecule has 3 aromatic carbocycles. The Morgan fingerprint density at radius 1 is 0.917 bits per heavy atom. The summed E-state index contributed by atoms with van der Waals surface area (Å²) in [7, 11) is 0. The van der Waals surface area contributed by atoms with E-state index in [0.29, 0.717) is 37.8 Å². The zero-order valence-corrected chi connectivity index (χ0v) is 20.2. The third-order valence-electron chi connectivity index (χ3n) is 5.98. The van der Waals surface area contributed by atoms with E-state index in [1.54, 1.807) is 29.2 Å². The number of primary amides is 1. The average Bonchev–Trinajstić information content (AvgIpc) is 2.87. The van der Waals surface area contributed by atoms with Gasteiger partial charge in [-0.05, 0) is 42.0 Å². The maximum Gasteiger partial charge on any atom is 0.246 e. The lowest BCUT2D eigenvalue weighted by Crippen LogP contribution is -2.34. The molecule has 3 amide bonds. The van der Waals surface area contributed by atoms with E-state index in [0.717, 1.165) is 22.0 Å². The summed E-state index contributed by atoms with van der Waals surface area (Å²) in [6.07, 6.45) is 1.62. The van der Waals surface area contributed by atoms with Crippen LogP contribution >= 0.6 is 0 Å². The van der Waals surface area contributed by atoms with E-state index in [9.17, 15) is 24.6 Å². The fraction of sp³-hybridized carbons (Fsp3) is 0.321. The van der Waals surface area contributed by atoms with Crippen LogP contribution in [0.5, 0.6) is 0 Å². The van der Waals surface area contributed by atoms with Gasteiger partial charge in [-0.25, -0.2) is 0 Å². The SMILES string of the molecule is NC(=O)C(O)CCCCCC(=O)Nc1ccc(CC(=O)N(CCO)c2cccc3ccccc23)cc1. The second kappa shape index (κ2) is 13.4. The first-order valence-electron chi connectivity index (χ1n) is 12.1. The average molecular weight is 492 g/mol. The summed E-state index contributed by atoms with van der Waals surface area (Å²) in [6.45, 7) is 0.0497. The number of nitrogens with two attached hydrogens (primary N) is 1. The molecule has 1 unspecified atom stereocenters. The topological polar surface area (TPSA) is 133 Å². The van der Waals surface area contributed by atoms with Gasteiger partial charge >= 0.3 is 0 Å². The van der Waals surface area contributed by atoms with E-state index in [1.807, 2.05) is 42.5 Å². The fourth-order valence-corrected chi connectivity index (χ4v) is 4.06. The number of nitrogens with zero attached hydrogens (tertiary/aromatic N) is 1. The van der Waals surface area contributed by atoms with Gasteiger partial charge in [0.15, 0.2) is 0 Å². The van der Waals surface area contributed by atoms with Gasteiger partial charge in [-0.2, -0.15) is 0 Å². The predicted octanol–water partition coefficient (Wildman–Crippen LogP) is 3.14. The van der Waals surface area contributed by atoms with Gasteiger partial charge in [0.25, 0.3) is 0 Å². The maximum atomic E-state index is 13.2. The summed E-state index contributed by atoms with van der Waals surface area (Å²) in [5.41, 5.74) is 7.22. The third-order valence-corrected chi connectivity index (χ3v) is 5.98. The number of anilines is 2. The summed E-state index contributed by atoms with van der Waals surface area (Å²) >= 11 is 0. The van der Waals surface area contributed by atoms with Crippen LogP contribution in [0.2, 0.25) is 0 Å². The molecule has 0 aliphatic carbocycles. The quantitative estimate of drug-likeness (QED) is 0.273. The van der Waals surface area contributed by atoms with Crippen LogP contribution in [0, 0.1) is 0 Å². The van der Waals surface area contributed by atoms with Gasteiger partial charge in [-0.3, -0.25) is 14.4 Å². The van der Waals surface area contributed by atoms with Crippen molar-refractivity contribution in [3.63, 3.8) is 0 Å². The number of carbonyl (C=O) groups excluding carboxylic acids is 3. The first-order valence-corrected chi connectivity index (χ1v) is 12.1. The minimum Gasteiger partial charge on any atom is -0.395 e. The molecule has 0 radical (unpaired) electrons. The van der Waals surface area contributed by atoms with E-state index in [1.165, 1.54) is 0 Å². The molecule has 190 valence electrons. The maximum absolute atomic E-state index is 13.2. The Balaban J connectivity index is 1.53. The highest BCUT2D eigenvalue weighted by atomic mass is 16.3. The van der Waals surface area contributed by atoms with Crippen molar-refractivity contribution in [1.29, 1.82) is 0 Å². The number of unbranched alkanes of at least 4 members (excludes halogenated alkanes) is 2. The summed E-state index contributed by atoms with van der Waals surface area (Å²) in [5.74, 6) is -0.981. The normalized spacial score (nSPS) is 11.7. The van der Waals surface area contributed by atoms with Gasteiger partial charge in [0.05, 0.1) is 18.7 Å². The number of hydrogen-bond donors (Lipinski definition) is 4. The number of fused-ring (bicyclic) bond motifs is 1. The summed E-state index contributed by atoms with van der Waals surface area (Å²) in [4.78, 5) is 37.8. The highest BCUT2D eigenvalue weighted by molar-refractivity contribution is 6.04. The molecule has 0 saturated carbocycles. The number of hydrogen-bond acceptors (Lipinski definition) is 5. The van der Waals surface area contributed by atoms with E-state index in [-0.39, 0.29) is 31.4 Å². The summed E-state index contributed by atoms with van der Waals surface area (Å²) < 4.78 is 0. The minimum atomic E-state index is -1.13. The molecule has 36 heavy (non-hydrogen) atoms. The standard InChI is InChI=1S/C28H33N3O5/c29-28(36)25(33)11-2-1-3-12-26(34)30-22-15-13-20(14-16-22)19-27(35)31(17-18-32)24-10-6-8-21-7-4-5-9-23(21)24/h4-10,13-16,25,32-33H,1-3,11-12,17-19H2,(H2,29,36)(H,30,34). The number of amides is 3. The van der Waals surface area contributed by atoms with Gasteiger partial charge in [0.2, 0.25) is 17.7 Å². The lowest BCUT2D eigenvalue weighted by molar-refractivity contribution is -0.126. The number of nitrogens with one attached hydrogen (secondary N) is 1. The van der Waals surface area contributed by atoms with Crippen molar-refractivity contribution in [3.05, 3.63) is 72.3 Å². The van der Waals surface area contributed by atoms with Crippen molar-refractivity contribution in [3.8, 4) is 0 Å². The Morgan fingerprint density at radius 2 is 1.64 bits per heavy atom. The van der Waals surface area contributed by atoms with Gasteiger partial charge in [-0.15, -0.1) is 0 Å². The molecule has 0 heterocycles. The molecule has 8 nitrogen and oxygen atoms in total. The van der Waals surface area contributed by atoms with Crippen LogP contribution in [0.4, 0.5) is 11.4 Å². The highest BCUT2D eigenvalue weighted by Gasteiger charge is 2.18.